The van der Waals surface area contributed by atoms with Crippen LogP contribution in [0.1, 0.15) is 30.9 Å². The zero-order chi connectivity index (χ0) is 20.7. The van der Waals surface area contributed by atoms with Gasteiger partial charge in [-0.1, -0.05) is 49.7 Å². The molecule has 0 aliphatic carbocycles. The molecule has 0 spiro atoms. The molecule has 0 bridgehead atoms. The molecule has 5 nitrogen and oxygen atoms in total. The lowest BCUT2D eigenvalue weighted by Gasteiger charge is -2.16. The Balaban J connectivity index is 1.94. The number of hydrogen-bond donors (Lipinski definition) is 1. The van der Waals surface area contributed by atoms with E-state index >= 15 is 0 Å². The molecule has 0 unspecified atom stereocenters. The van der Waals surface area contributed by atoms with Crippen LogP contribution in [0, 0.1) is 0 Å². The molecule has 0 saturated heterocycles. The van der Waals surface area contributed by atoms with Gasteiger partial charge in [-0.2, -0.15) is 0 Å². The third-order valence-corrected chi connectivity index (χ3v) is 4.45. The van der Waals surface area contributed by atoms with Gasteiger partial charge in [0.1, 0.15) is 5.75 Å². The molecule has 2 amide bonds. The molecule has 0 atom stereocenters. The van der Waals surface area contributed by atoms with E-state index in [4.69, 9.17) is 16.3 Å². The van der Waals surface area contributed by atoms with E-state index in [2.05, 4.69) is 19.2 Å². The van der Waals surface area contributed by atoms with Gasteiger partial charge in [0.2, 0.25) is 11.8 Å². The SMILES string of the molecule is COc1ccc(Cl)cc1NC(=O)CN(C)C(=O)/C=C/c1ccc(C(C)C)cc1. The van der Waals surface area contributed by atoms with Gasteiger partial charge in [-0.05, 0) is 41.3 Å². The summed E-state index contributed by atoms with van der Waals surface area (Å²) in [5.74, 6) is 0.353. The molecule has 0 aliphatic rings. The topological polar surface area (TPSA) is 58.6 Å². The number of halogens is 1. The maximum atomic E-state index is 12.3. The number of nitrogens with zero attached hydrogens (tertiary/aromatic N) is 1. The van der Waals surface area contributed by atoms with Crippen molar-refractivity contribution in [2.75, 3.05) is 26.0 Å². The third kappa shape index (κ3) is 6.13. The van der Waals surface area contributed by atoms with Crippen molar-refractivity contribution in [1.82, 2.24) is 4.90 Å². The van der Waals surface area contributed by atoms with Gasteiger partial charge in [0.05, 0.1) is 19.3 Å². The molecule has 0 saturated carbocycles. The smallest absolute Gasteiger partial charge is 0.246 e. The largest absolute Gasteiger partial charge is 0.495 e. The number of methoxy groups -OCH3 is 1. The summed E-state index contributed by atoms with van der Waals surface area (Å²) in [6.45, 7) is 4.17. The fraction of sp³-hybridized carbons (Fsp3) is 0.273. The number of nitrogens with one attached hydrogen (secondary N) is 1. The Hall–Kier alpha value is -2.79. The fourth-order valence-electron chi connectivity index (χ4n) is 2.55. The van der Waals surface area contributed by atoms with Crippen LogP contribution >= 0.6 is 11.6 Å². The highest BCUT2D eigenvalue weighted by molar-refractivity contribution is 6.31. The van der Waals surface area contributed by atoms with Crippen molar-refractivity contribution in [3.05, 3.63) is 64.7 Å². The van der Waals surface area contributed by atoms with Crippen LogP contribution in [0.2, 0.25) is 5.02 Å². The molecule has 6 heteroatoms. The lowest BCUT2D eigenvalue weighted by molar-refractivity contribution is -0.129. The second kappa shape index (κ2) is 9.95. The Morgan fingerprint density at radius 3 is 2.46 bits per heavy atom. The van der Waals surface area contributed by atoms with Gasteiger partial charge in [0.15, 0.2) is 0 Å². The number of likely N-dealkylation sites (N-methyl/N-ethyl adjacent to an activating group) is 1. The molecule has 0 aliphatic heterocycles. The summed E-state index contributed by atoms with van der Waals surface area (Å²) in [7, 11) is 3.08. The summed E-state index contributed by atoms with van der Waals surface area (Å²) in [5.41, 5.74) is 2.63. The van der Waals surface area contributed by atoms with Crippen LogP contribution in [0.3, 0.4) is 0 Å². The van der Waals surface area contributed by atoms with Crippen molar-refractivity contribution in [3.63, 3.8) is 0 Å². The maximum absolute atomic E-state index is 12.3. The number of anilines is 1. The predicted octanol–water partition coefficient (Wildman–Crippen LogP) is 4.58. The summed E-state index contributed by atoms with van der Waals surface area (Å²) in [4.78, 5) is 25.9. The molecule has 2 aromatic carbocycles. The Labute approximate surface area is 170 Å². The lowest BCUT2D eigenvalue weighted by Crippen LogP contribution is -2.33. The van der Waals surface area contributed by atoms with E-state index in [0.29, 0.717) is 22.4 Å². The lowest BCUT2D eigenvalue weighted by atomic mass is 10.0. The van der Waals surface area contributed by atoms with Crippen LogP contribution in [0.5, 0.6) is 5.75 Å². The summed E-state index contributed by atoms with van der Waals surface area (Å²) < 4.78 is 5.20. The minimum Gasteiger partial charge on any atom is -0.495 e. The molecule has 0 aromatic heterocycles. The first kappa shape index (κ1) is 21.5. The van der Waals surface area contributed by atoms with E-state index in [0.717, 1.165) is 5.56 Å². The average molecular weight is 401 g/mol. The molecule has 2 rings (SSSR count). The summed E-state index contributed by atoms with van der Waals surface area (Å²) in [6.07, 6.45) is 3.19. The number of carbonyl (C=O) groups excluding carboxylic acids is 2. The molecule has 148 valence electrons. The number of benzene rings is 2. The van der Waals surface area contributed by atoms with Crippen LogP contribution in [-0.2, 0) is 9.59 Å². The van der Waals surface area contributed by atoms with E-state index in [1.54, 1.807) is 31.3 Å². The highest BCUT2D eigenvalue weighted by atomic mass is 35.5. The van der Waals surface area contributed by atoms with Crippen LogP contribution in [0.25, 0.3) is 6.08 Å². The number of hydrogen-bond acceptors (Lipinski definition) is 3. The Morgan fingerprint density at radius 1 is 1.18 bits per heavy atom. The number of ether oxygens (including phenoxy) is 1. The van der Waals surface area contributed by atoms with Gasteiger partial charge in [-0.25, -0.2) is 0 Å². The van der Waals surface area contributed by atoms with Crippen molar-refractivity contribution in [1.29, 1.82) is 0 Å². The van der Waals surface area contributed by atoms with Crippen LogP contribution < -0.4 is 10.1 Å². The van der Waals surface area contributed by atoms with E-state index in [-0.39, 0.29) is 18.4 Å². The van der Waals surface area contributed by atoms with Crippen molar-refractivity contribution >= 4 is 35.2 Å². The van der Waals surface area contributed by atoms with Crippen molar-refractivity contribution in [3.8, 4) is 5.75 Å². The normalized spacial score (nSPS) is 10.9. The minimum atomic E-state index is -0.342. The summed E-state index contributed by atoms with van der Waals surface area (Å²) in [6, 6.07) is 13.0. The van der Waals surface area contributed by atoms with E-state index in [1.165, 1.54) is 23.6 Å². The molecule has 2 aromatic rings. The average Bonchev–Trinajstić information content (AvgIpc) is 2.66. The molecule has 28 heavy (non-hydrogen) atoms. The zero-order valence-electron chi connectivity index (χ0n) is 16.5. The van der Waals surface area contributed by atoms with Gasteiger partial charge in [0, 0.05) is 18.1 Å². The highest BCUT2D eigenvalue weighted by Gasteiger charge is 2.13. The molecule has 0 fully saturated rings. The first-order chi connectivity index (χ1) is 13.3. The molecular formula is C22H25ClN2O3. The van der Waals surface area contributed by atoms with Crippen LogP contribution in [0.4, 0.5) is 5.69 Å². The van der Waals surface area contributed by atoms with Crippen LogP contribution in [0.15, 0.2) is 48.5 Å². The highest BCUT2D eigenvalue weighted by Crippen LogP contribution is 2.27. The zero-order valence-corrected chi connectivity index (χ0v) is 17.3. The quantitative estimate of drug-likeness (QED) is 0.692. The summed E-state index contributed by atoms with van der Waals surface area (Å²) in [5, 5.41) is 3.19. The third-order valence-electron chi connectivity index (χ3n) is 4.21. The number of carbonyl (C=O) groups is 2. The van der Waals surface area contributed by atoms with Gasteiger partial charge in [0.25, 0.3) is 0 Å². The summed E-state index contributed by atoms with van der Waals surface area (Å²) >= 11 is 5.96. The Bertz CT molecular complexity index is 861. The standard InChI is InChI=1S/C22H25ClN2O3/c1-15(2)17-8-5-16(6-9-17)7-12-22(27)25(3)14-21(26)24-19-13-18(23)10-11-20(19)28-4/h5-13,15H,14H2,1-4H3,(H,24,26)/b12-7+. The predicted molar refractivity (Wildman–Crippen MR) is 114 cm³/mol. The van der Waals surface area contributed by atoms with Gasteiger partial charge >= 0.3 is 0 Å². The van der Waals surface area contributed by atoms with Crippen molar-refractivity contribution < 1.29 is 14.3 Å². The Kier molecular flexibility index (Phi) is 7.64. The molecular weight excluding hydrogens is 376 g/mol. The van der Waals surface area contributed by atoms with Crippen molar-refractivity contribution in [2.45, 2.75) is 19.8 Å². The number of rotatable bonds is 7. The second-order valence-corrected chi connectivity index (χ2v) is 7.18. The van der Waals surface area contributed by atoms with E-state index < -0.39 is 0 Å². The molecule has 0 radical (unpaired) electrons. The van der Waals surface area contributed by atoms with Crippen molar-refractivity contribution in [2.24, 2.45) is 0 Å². The Morgan fingerprint density at radius 2 is 1.86 bits per heavy atom. The second-order valence-electron chi connectivity index (χ2n) is 6.74. The van der Waals surface area contributed by atoms with E-state index in [1.807, 2.05) is 24.3 Å². The molecule has 1 N–H and O–H groups in total. The van der Waals surface area contributed by atoms with Gasteiger partial charge < -0.3 is 15.0 Å². The minimum absolute atomic E-state index is 0.0921. The maximum Gasteiger partial charge on any atom is 0.246 e. The van der Waals surface area contributed by atoms with Gasteiger partial charge in [-0.3, -0.25) is 9.59 Å². The van der Waals surface area contributed by atoms with Gasteiger partial charge in [-0.15, -0.1) is 0 Å². The molecule has 0 heterocycles. The number of amides is 2. The fourth-order valence-corrected chi connectivity index (χ4v) is 2.72. The van der Waals surface area contributed by atoms with E-state index in [9.17, 15) is 9.59 Å². The first-order valence-corrected chi connectivity index (χ1v) is 9.34. The monoisotopic (exact) mass is 400 g/mol. The van der Waals surface area contributed by atoms with Crippen LogP contribution in [-0.4, -0.2) is 37.4 Å². The first-order valence-electron chi connectivity index (χ1n) is 8.96.